The van der Waals surface area contributed by atoms with E-state index in [1.165, 1.54) is 0 Å². The van der Waals surface area contributed by atoms with Crippen molar-refractivity contribution in [2.24, 2.45) is 0 Å². The Morgan fingerprint density at radius 2 is 2.07 bits per heavy atom. The zero-order chi connectivity index (χ0) is 11.0. The monoisotopic (exact) mass is 268 g/mol. The molecule has 15 heavy (non-hydrogen) atoms. The smallest absolute Gasteiger partial charge is 0.182 e. The lowest BCUT2D eigenvalue weighted by atomic mass is 10.1. The lowest BCUT2D eigenvalue weighted by Gasteiger charge is -2.13. The Bertz CT molecular complexity index is 477. The Morgan fingerprint density at radius 1 is 1.33 bits per heavy atom. The van der Waals surface area contributed by atoms with Crippen LogP contribution in [-0.2, 0) is 0 Å². The van der Waals surface area contributed by atoms with E-state index in [9.17, 15) is 0 Å². The molecule has 0 saturated heterocycles. The lowest BCUT2D eigenvalue weighted by molar-refractivity contribution is 0.731. The van der Waals surface area contributed by atoms with E-state index in [-0.39, 0.29) is 0 Å². The lowest BCUT2D eigenvalue weighted by Crippen LogP contribution is -2.09. The maximum absolute atomic E-state index is 4.39. The highest BCUT2D eigenvalue weighted by molar-refractivity contribution is 9.09. The number of aromatic nitrogens is 4. The van der Waals surface area contributed by atoms with Gasteiger partial charge in [-0.05, 0) is 6.92 Å². The SMILES string of the molecule is Cc1nnc2c(C(C)C(C)Br)nccn12. The molecule has 0 fully saturated rings. The summed E-state index contributed by atoms with van der Waals surface area (Å²) in [6.45, 7) is 6.18. The van der Waals surface area contributed by atoms with Crippen LogP contribution in [-0.4, -0.2) is 24.4 Å². The second-order valence-electron chi connectivity index (χ2n) is 3.72. The van der Waals surface area contributed by atoms with E-state index in [1.807, 2.05) is 17.5 Å². The Balaban J connectivity index is 2.61. The molecular formula is C10H13BrN4. The van der Waals surface area contributed by atoms with E-state index in [1.54, 1.807) is 6.20 Å². The average molecular weight is 269 g/mol. The van der Waals surface area contributed by atoms with Gasteiger partial charge in [-0.2, -0.15) is 0 Å². The molecule has 0 aromatic carbocycles. The van der Waals surface area contributed by atoms with Crippen LogP contribution in [0, 0.1) is 6.92 Å². The summed E-state index contributed by atoms with van der Waals surface area (Å²) in [6.07, 6.45) is 3.68. The summed E-state index contributed by atoms with van der Waals surface area (Å²) in [4.78, 5) is 4.76. The number of halogens is 1. The van der Waals surface area contributed by atoms with Crippen molar-refractivity contribution < 1.29 is 0 Å². The van der Waals surface area contributed by atoms with Crippen LogP contribution < -0.4 is 0 Å². The van der Waals surface area contributed by atoms with Crippen LogP contribution in [0.1, 0.15) is 31.3 Å². The summed E-state index contributed by atoms with van der Waals surface area (Å²) in [6, 6.07) is 0. The van der Waals surface area contributed by atoms with Crippen molar-refractivity contribution in [3.8, 4) is 0 Å². The molecule has 80 valence electrons. The molecule has 2 rings (SSSR count). The zero-order valence-corrected chi connectivity index (χ0v) is 10.6. The number of hydrogen-bond acceptors (Lipinski definition) is 3. The summed E-state index contributed by atoms with van der Waals surface area (Å²) < 4.78 is 1.97. The molecule has 4 nitrogen and oxygen atoms in total. The summed E-state index contributed by atoms with van der Waals surface area (Å²) in [5.74, 6) is 1.21. The van der Waals surface area contributed by atoms with E-state index in [0.29, 0.717) is 10.7 Å². The highest BCUT2D eigenvalue weighted by atomic mass is 79.9. The molecule has 2 atom stereocenters. The van der Waals surface area contributed by atoms with Gasteiger partial charge in [0.15, 0.2) is 5.65 Å². The second-order valence-corrected chi connectivity index (χ2v) is 5.16. The zero-order valence-electron chi connectivity index (χ0n) is 8.98. The first-order chi connectivity index (χ1) is 7.11. The molecule has 5 heteroatoms. The van der Waals surface area contributed by atoms with E-state index >= 15 is 0 Å². The normalized spacial score (nSPS) is 15.5. The summed E-state index contributed by atoms with van der Waals surface area (Å²) in [5, 5.41) is 8.21. The molecule has 0 bridgehead atoms. The van der Waals surface area contributed by atoms with Crippen LogP contribution in [0.2, 0.25) is 0 Å². The quantitative estimate of drug-likeness (QED) is 0.786. The summed E-state index contributed by atoms with van der Waals surface area (Å²) in [7, 11) is 0. The molecule has 0 aliphatic carbocycles. The third-order valence-electron chi connectivity index (χ3n) is 2.65. The highest BCUT2D eigenvalue weighted by Gasteiger charge is 2.17. The van der Waals surface area contributed by atoms with E-state index < -0.39 is 0 Å². The average Bonchev–Trinajstić information content (AvgIpc) is 2.59. The first-order valence-electron chi connectivity index (χ1n) is 4.91. The van der Waals surface area contributed by atoms with Gasteiger partial charge in [0.05, 0.1) is 5.69 Å². The van der Waals surface area contributed by atoms with Gasteiger partial charge < -0.3 is 0 Å². The predicted molar refractivity (Wildman–Crippen MR) is 62.3 cm³/mol. The van der Waals surface area contributed by atoms with Gasteiger partial charge in [-0.15, -0.1) is 10.2 Å². The first-order valence-corrected chi connectivity index (χ1v) is 5.83. The molecule has 2 unspecified atom stereocenters. The maximum atomic E-state index is 4.39. The molecule has 0 spiro atoms. The maximum Gasteiger partial charge on any atom is 0.182 e. The van der Waals surface area contributed by atoms with Crippen molar-refractivity contribution in [1.82, 2.24) is 19.6 Å². The number of alkyl halides is 1. The van der Waals surface area contributed by atoms with Gasteiger partial charge in [0.1, 0.15) is 5.82 Å². The van der Waals surface area contributed by atoms with Gasteiger partial charge >= 0.3 is 0 Å². The van der Waals surface area contributed by atoms with Gasteiger partial charge in [-0.1, -0.05) is 29.8 Å². The van der Waals surface area contributed by atoms with Gasteiger partial charge in [0.2, 0.25) is 0 Å². The van der Waals surface area contributed by atoms with Crippen LogP contribution in [0.5, 0.6) is 0 Å². The minimum atomic E-state index is 0.317. The van der Waals surface area contributed by atoms with Crippen molar-refractivity contribution in [2.45, 2.75) is 31.5 Å². The molecular weight excluding hydrogens is 256 g/mol. The Hall–Kier alpha value is -0.970. The topological polar surface area (TPSA) is 43.1 Å². The van der Waals surface area contributed by atoms with E-state index in [0.717, 1.165) is 17.2 Å². The molecule has 2 aromatic heterocycles. The van der Waals surface area contributed by atoms with Gasteiger partial charge in [0, 0.05) is 23.1 Å². The van der Waals surface area contributed by atoms with Crippen molar-refractivity contribution in [3.63, 3.8) is 0 Å². The van der Waals surface area contributed by atoms with E-state index in [4.69, 9.17) is 0 Å². The van der Waals surface area contributed by atoms with Crippen LogP contribution >= 0.6 is 15.9 Å². The molecule has 0 N–H and O–H groups in total. The van der Waals surface area contributed by atoms with Crippen molar-refractivity contribution >= 4 is 21.6 Å². The van der Waals surface area contributed by atoms with Crippen LogP contribution in [0.15, 0.2) is 12.4 Å². The largest absolute Gasteiger partial charge is 0.284 e. The molecule has 0 amide bonds. The Kier molecular flexibility index (Phi) is 2.73. The number of rotatable bonds is 2. The molecule has 0 saturated carbocycles. The third-order valence-corrected chi connectivity index (χ3v) is 3.44. The molecule has 0 aliphatic heterocycles. The summed E-state index contributed by atoms with van der Waals surface area (Å²) >= 11 is 3.57. The standard InChI is InChI=1S/C10H13BrN4/c1-6(7(2)11)9-10-14-13-8(3)15(10)5-4-12-9/h4-7H,1-3H3. The van der Waals surface area contributed by atoms with Gasteiger partial charge in [0.25, 0.3) is 0 Å². The first kappa shape index (κ1) is 10.5. The van der Waals surface area contributed by atoms with Crippen LogP contribution in [0.3, 0.4) is 0 Å². The van der Waals surface area contributed by atoms with Crippen molar-refractivity contribution in [3.05, 3.63) is 23.9 Å². The fourth-order valence-corrected chi connectivity index (χ4v) is 1.75. The molecule has 0 radical (unpaired) electrons. The highest BCUT2D eigenvalue weighted by Crippen LogP contribution is 2.25. The Morgan fingerprint density at radius 3 is 2.73 bits per heavy atom. The third kappa shape index (κ3) is 1.76. The molecule has 2 aromatic rings. The molecule has 2 heterocycles. The van der Waals surface area contributed by atoms with Gasteiger partial charge in [-0.25, -0.2) is 0 Å². The number of fused-ring (bicyclic) bond motifs is 1. The minimum Gasteiger partial charge on any atom is -0.284 e. The number of aryl methyl sites for hydroxylation is 1. The predicted octanol–water partition coefficient (Wildman–Crippen LogP) is 2.32. The number of hydrogen-bond donors (Lipinski definition) is 0. The second kappa shape index (κ2) is 3.89. The minimum absolute atomic E-state index is 0.317. The summed E-state index contributed by atoms with van der Waals surface area (Å²) in [5.41, 5.74) is 1.84. The fraction of sp³-hybridized carbons (Fsp3) is 0.500. The number of nitrogens with zero attached hydrogens (tertiary/aromatic N) is 4. The molecule has 0 aliphatic rings. The van der Waals surface area contributed by atoms with Crippen LogP contribution in [0.4, 0.5) is 0 Å². The van der Waals surface area contributed by atoms with Crippen LogP contribution in [0.25, 0.3) is 5.65 Å². The van der Waals surface area contributed by atoms with Gasteiger partial charge in [-0.3, -0.25) is 9.38 Å². The van der Waals surface area contributed by atoms with Crippen molar-refractivity contribution in [2.75, 3.05) is 0 Å². The van der Waals surface area contributed by atoms with E-state index in [2.05, 4.69) is 45.0 Å². The van der Waals surface area contributed by atoms with Crippen molar-refractivity contribution in [1.29, 1.82) is 0 Å². The fourth-order valence-electron chi connectivity index (χ4n) is 1.50. The Labute approximate surface area is 96.9 Å².